The van der Waals surface area contributed by atoms with E-state index in [0.717, 1.165) is 5.19 Å². The number of rotatable bonds is 2. The van der Waals surface area contributed by atoms with Crippen molar-refractivity contribution in [1.82, 2.24) is 0 Å². The maximum absolute atomic E-state index is 13.7. The summed E-state index contributed by atoms with van der Waals surface area (Å²) in [7, 11) is -1.61. The Balaban J connectivity index is 2.63. The molecule has 0 heterocycles. The van der Waals surface area contributed by atoms with E-state index in [0.29, 0.717) is 0 Å². The minimum Gasteiger partial charge on any atom is -0.203 e. The van der Waals surface area contributed by atoms with Gasteiger partial charge in [0, 0.05) is 0 Å². The summed E-state index contributed by atoms with van der Waals surface area (Å²) < 4.78 is 66.8. The average Bonchev–Trinajstić information content (AvgIpc) is 2.43. The van der Waals surface area contributed by atoms with E-state index in [1.807, 2.05) is 0 Å². The summed E-state index contributed by atoms with van der Waals surface area (Å²) in [6.07, 6.45) is 0. The van der Waals surface area contributed by atoms with E-state index < -0.39 is 42.7 Å². The van der Waals surface area contributed by atoms with Crippen LogP contribution in [0.3, 0.4) is 0 Å². The van der Waals surface area contributed by atoms with Crippen molar-refractivity contribution >= 4 is 13.3 Å². The van der Waals surface area contributed by atoms with Crippen molar-refractivity contribution in [1.29, 1.82) is 0 Å². The van der Waals surface area contributed by atoms with Crippen molar-refractivity contribution < 1.29 is 22.0 Å². The third-order valence-corrected chi connectivity index (χ3v) is 5.31. The Morgan fingerprint density at radius 3 is 1.38 bits per heavy atom. The Morgan fingerprint density at radius 1 is 0.619 bits per heavy atom. The Morgan fingerprint density at radius 2 is 1.00 bits per heavy atom. The van der Waals surface area contributed by atoms with E-state index in [9.17, 15) is 22.0 Å². The van der Waals surface area contributed by atoms with Gasteiger partial charge < -0.3 is 0 Å². The summed E-state index contributed by atoms with van der Waals surface area (Å²) in [6, 6.07) is 6.09. The molecular formula is C15H13F5Si. The van der Waals surface area contributed by atoms with Crippen molar-refractivity contribution in [3.8, 4) is 11.1 Å². The predicted octanol–water partition coefficient (Wildman–Crippen LogP) is 4.59. The predicted molar refractivity (Wildman–Crippen MR) is 74.6 cm³/mol. The molecule has 0 bridgehead atoms. The molecule has 112 valence electrons. The normalized spacial score (nSPS) is 11.8. The maximum Gasteiger partial charge on any atom is 0.200 e. The highest BCUT2D eigenvalue weighted by Crippen LogP contribution is 2.31. The zero-order chi connectivity index (χ0) is 15.9. The lowest BCUT2D eigenvalue weighted by atomic mass is 10.0. The Bertz CT molecular complexity index is 658. The van der Waals surface area contributed by atoms with E-state index in [-0.39, 0.29) is 5.56 Å². The van der Waals surface area contributed by atoms with Gasteiger partial charge in [0.25, 0.3) is 0 Å². The summed E-state index contributed by atoms with van der Waals surface area (Å²) in [5.41, 5.74) is -0.932. The van der Waals surface area contributed by atoms with E-state index in [2.05, 4.69) is 19.6 Å². The zero-order valence-electron chi connectivity index (χ0n) is 11.7. The molecule has 2 aromatic rings. The highest BCUT2D eigenvalue weighted by atomic mass is 28.3. The Labute approximate surface area is 120 Å². The SMILES string of the molecule is C[Si](C)(C)c1ccc(-c2c(F)c(F)c(F)c(F)c2F)cc1. The van der Waals surface area contributed by atoms with Crippen molar-refractivity contribution in [3.63, 3.8) is 0 Å². The van der Waals surface area contributed by atoms with Gasteiger partial charge in [-0.05, 0) is 5.56 Å². The van der Waals surface area contributed by atoms with Gasteiger partial charge in [0.1, 0.15) is 0 Å². The highest BCUT2D eigenvalue weighted by molar-refractivity contribution is 6.88. The van der Waals surface area contributed by atoms with Crippen LogP contribution in [0.1, 0.15) is 0 Å². The van der Waals surface area contributed by atoms with E-state index in [1.54, 1.807) is 12.1 Å². The summed E-state index contributed by atoms with van der Waals surface area (Å²) in [5, 5.41) is 1.02. The zero-order valence-corrected chi connectivity index (χ0v) is 12.7. The lowest BCUT2D eigenvalue weighted by molar-refractivity contribution is 0.381. The van der Waals surface area contributed by atoms with Crippen LogP contribution >= 0.6 is 0 Å². The van der Waals surface area contributed by atoms with Gasteiger partial charge in [0.15, 0.2) is 23.3 Å². The molecule has 0 fully saturated rings. The summed E-state index contributed by atoms with van der Waals surface area (Å²) >= 11 is 0. The molecule has 6 heteroatoms. The molecule has 0 aliphatic rings. The molecule has 0 aromatic heterocycles. The van der Waals surface area contributed by atoms with Crippen molar-refractivity contribution in [2.45, 2.75) is 19.6 Å². The maximum atomic E-state index is 13.7. The van der Waals surface area contributed by atoms with Crippen molar-refractivity contribution in [3.05, 3.63) is 53.4 Å². The lowest BCUT2D eigenvalue weighted by Gasteiger charge is -2.17. The first kappa shape index (κ1) is 15.7. The Hall–Kier alpha value is -1.69. The summed E-state index contributed by atoms with van der Waals surface area (Å²) in [5.74, 6) is -9.64. The molecule has 0 nitrogen and oxygen atoms in total. The molecule has 0 spiro atoms. The van der Waals surface area contributed by atoms with Gasteiger partial charge >= 0.3 is 0 Å². The second kappa shape index (κ2) is 5.25. The smallest absolute Gasteiger partial charge is 0.200 e. The molecule has 0 saturated heterocycles. The second-order valence-electron chi connectivity index (χ2n) is 5.77. The standard InChI is InChI=1S/C15H13F5Si/c1-21(2,3)9-6-4-8(5-7-9)10-11(16)13(18)15(20)14(19)12(10)17/h4-7H,1-3H3. The third kappa shape index (κ3) is 2.72. The Kier molecular flexibility index (Phi) is 3.93. The monoisotopic (exact) mass is 316 g/mol. The minimum atomic E-state index is -2.15. The number of hydrogen-bond donors (Lipinski definition) is 0. The molecule has 21 heavy (non-hydrogen) atoms. The fraction of sp³-hybridized carbons (Fsp3) is 0.200. The van der Waals surface area contributed by atoms with Gasteiger partial charge in [-0.25, -0.2) is 22.0 Å². The molecule has 2 aromatic carbocycles. The average molecular weight is 316 g/mol. The lowest BCUT2D eigenvalue weighted by Crippen LogP contribution is -2.37. The minimum absolute atomic E-state index is 0.0372. The topological polar surface area (TPSA) is 0 Å². The largest absolute Gasteiger partial charge is 0.203 e. The van der Waals surface area contributed by atoms with Gasteiger partial charge in [-0.2, -0.15) is 0 Å². The van der Waals surface area contributed by atoms with Gasteiger partial charge in [0.2, 0.25) is 5.82 Å². The van der Waals surface area contributed by atoms with Gasteiger partial charge in [0.05, 0.1) is 13.6 Å². The van der Waals surface area contributed by atoms with Crippen LogP contribution in [0.25, 0.3) is 11.1 Å². The van der Waals surface area contributed by atoms with Crippen LogP contribution in [0, 0.1) is 29.1 Å². The number of hydrogen-bond acceptors (Lipinski definition) is 0. The van der Waals surface area contributed by atoms with Crippen LogP contribution in [0.2, 0.25) is 19.6 Å². The highest BCUT2D eigenvalue weighted by Gasteiger charge is 2.26. The molecule has 0 aliphatic carbocycles. The molecule has 0 radical (unpaired) electrons. The number of halogens is 5. The second-order valence-corrected chi connectivity index (χ2v) is 10.8. The first-order valence-corrected chi connectivity index (χ1v) is 9.77. The van der Waals surface area contributed by atoms with Crippen LogP contribution in [-0.2, 0) is 0 Å². The van der Waals surface area contributed by atoms with E-state index in [1.165, 1.54) is 12.1 Å². The van der Waals surface area contributed by atoms with Gasteiger partial charge in [-0.1, -0.05) is 49.1 Å². The van der Waals surface area contributed by atoms with Crippen LogP contribution in [0.15, 0.2) is 24.3 Å². The first-order valence-electron chi connectivity index (χ1n) is 6.27. The fourth-order valence-corrected chi connectivity index (χ4v) is 3.16. The van der Waals surface area contributed by atoms with E-state index >= 15 is 0 Å². The quantitative estimate of drug-likeness (QED) is 0.329. The van der Waals surface area contributed by atoms with Gasteiger partial charge in [-0.15, -0.1) is 0 Å². The molecule has 2 rings (SSSR count). The summed E-state index contributed by atoms with van der Waals surface area (Å²) in [6.45, 7) is 6.25. The third-order valence-electron chi connectivity index (χ3n) is 3.25. The van der Waals surface area contributed by atoms with Gasteiger partial charge in [-0.3, -0.25) is 0 Å². The van der Waals surface area contributed by atoms with Crippen LogP contribution in [-0.4, -0.2) is 8.07 Å². The number of benzene rings is 2. The van der Waals surface area contributed by atoms with E-state index in [4.69, 9.17) is 0 Å². The molecule has 0 saturated carbocycles. The summed E-state index contributed by atoms with van der Waals surface area (Å²) in [4.78, 5) is 0. The fourth-order valence-electron chi connectivity index (χ4n) is 2.00. The molecule has 0 atom stereocenters. The van der Waals surface area contributed by atoms with Crippen LogP contribution in [0.4, 0.5) is 22.0 Å². The molecule has 0 unspecified atom stereocenters. The van der Waals surface area contributed by atoms with Crippen LogP contribution in [0.5, 0.6) is 0 Å². The molecule has 0 aliphatic heterocycles. The van der Waals surface area contributed by atoms with Crippen molar-refractivity contribution in [2.75, 3.05) is 0 Å². The molecule has 0 N–H and O–H groups in total. The van der Waals surface area contributed by atoms with Crippen LogP contribution < -0.4 is 5.19 Å². The molecule has 0 amide bonds. The first-order chi connectivity index (χ1) is 9.64. The van der Waals surface area contributed by atoms with Crippen molar-refractivity contribution in [2.24, 2.45) is 0 Å². The molecular weight excluding hydrogens is 303 g/mol.